The quantitative estimate of drug-likeness (QED) is 0.459. The van der Waals surface area contributed by atoms with E-state index in [4.69, 9.17) is 11.6 Å². The molecule has 0 spiro atoms. The Morgan fingerprint density at radius 3 is 2.68 bits per heavy atom. The SMILES string of the molecule is CC(=O)Nc1cc(Nc2ncc(Cl)c(-c3cn(C)c4ccccc34)n2)ccc1N(C)C. The summed E-state index contributed by atoms with van der Waals surface area (Å²) in [6, 6.07) is 13.8. The molecule has 1 amide bonds. The summed E-state index contributed by atoms with van der Waals surface area (Å²) in [4.78, 5) is 22.6. The summed E-state index contributed by atoms with van der Waals surface area (Å²) in [5, 5.41) is 7.63. The van der Waals surface area contributed by atoms with Gasteiger partial charge in [0.1, 0.15) is 0 Å². The van der Waals surface area contributed by atoms with Crippen molar-refractivity contribution in [3.63, 3.8) is 0 Å². The van der Waals surface area contributed by atoms with Gasteiger partial charge >= 0.3 is 0 Å². The smallest absolute Gasteiger partial charge is 0.227 e. The normalized spacial score (nSPS) is 10.9. The van der Waals surface area contributed by atoms with Crippen molar-refractivity contribution in [2.24, 2.45) is 7.05 Å². The zero-order valence-corrected chi connectivity index (χ0v) is 18.5. The van der Waals surface area contributed by atoms with Crippen LogP contribution in [0, 0.1) is 0 Å². The zero-order chi connectivity index (χ0) is 22.1. The highest BCUT2D eigenvalue weighted by atomic mass is 35.5. The number of amides is 1. The van der Waals surface area contributed by atoms with Crippen molar-refractivity contribution in [3.8, 4) is 11.3 Å². The van der Waals surface area contributed by atoms with Gasteiger partial charge in [0.25, 0.3) is 0 Å². The van der Waals surface area contributed by atoms with Gasteiger partial charge < -0.3 is 20.1 Å². The molecule has 4 aromatic rings. The van der Waals surface area contributed by atoms with E-state index in [1.54, 1.807) is 6.20 Å². The predicted octanol–water partition coefficient (Wildman–Crippen LogP) is 5.06. The van der Waals surface area contributed by atoms with Crippen LogP contribution in [0.5, 0.6) is 0 Å². The molecule has 0 aliphatic carbocycles. The largest absolute Gasteiger partial charge is 0.376 e. The minimum absolute atomic E-state index is 0.138. The van der Waals surface area contributed by atoms with Crippen LogP contribution >= 0.6 is 11.6 Å². The van der Waals surface area contributed by atoms with Crippen LogP contribution in [0.15, 0.2) is 54.9 Å². The van der Waals surface area contributed by atoms with E-state index in [9.17, 15) is 4.79 Å². The van der Waals surface area contributed by atoms with E-state index in [0.717, 1.165) is 27.8 Å². The number of nitrogens with zero attached hydrogens (tertiary/aromatic N) is 4. The maximum atomic E-state index is 11.6. The topological polar surface area (TPSA) is 75.1 Å². The van der Waals surface area contributed by atoms with Crippen molar-refractivity contribution < 1.29 is 4.79 Å². The van der Waals surface area contributed by atoms with Gasteiger partial charge in [0.05, 0.1) is 28.3 Å². The predicted molar refractivity (Wildman–Crippen MR) is 127 cm³/mol. The number of anilines is 4. The van der Waals surface area contributed by atoms with E-state index in [1.165, 1.54) is 6.92 Å². The van der Waals surface area contributed by atoms with Gasteiger partial charge in [0.2, 0.25) is 11.9 Å². The second kappa shape index (κ2) is 8.28. The highest BCUT2D eigenvalue weighted by molar-refractivity contribution is 6.33. The standard InChI is InChI=1S/C23H23ClN6O/c1-14(31)26-19-11-15(9-10-21(19)29(2)3)27-23-25-12-18(24)22(28-23)17-13-30(4)20-8-6-5-7-16(17)20/h5-13H,1-4H3,(H,26,31)(H,25,27,28). The molecule has 31 heavy (non-hydrogen) atoms. The highest BCUT2D eigenvalue weighted by Crippen LogP contribution is 2.34. The molecule has 158 valence electrons. The fourth-order valence-electron chi connectivity index (χ4n) is 3.57. The molecule has 0 saturated heterocycles. The van der Waals surface area contributed by atoms with E-state index >= 15 is 0 Å². The number of aryl methyl sites for hydroxylation is 1. The lowest BCUT2D eigenvalue weighted by Gasteiger charge is -2.19. The number of carbonyl (C=O) groups excluding carboxylic acids is 1. The summed E-state index contributed by atoms with van der Waals surface area (Å²) in [7, 11) is 5.84. The molecule has 0 aliphatic rings. The van der Waals surface area contributed by atoms with Crippen molar-refractivity contribution in [1.29, 1.82) is 0 Å². The first-order valence-electron chi connectivity index (χ1n) is 9.76. The van der Waals surface area contributed by atoms with E-state index in [-0.39, 0.29) is 5.91 Å². The fraction of sp³-hybridized carbons (Fsp3) is 0.174. The number of halogens is 1. The Balaban J connectivity index is 1.72. The molecule has 2 heterocycles. The number of carbonyl (C=O) groups is 1. The molecule has 8 heteroatoms. The molecule has 2 aromatic carbocycles. The molecular weight excluding hydrogens is 412 g/mol. The molecule has 0 bridgehead atoms. The molecule has 0 radical (unpaired) electrons. The maximum absolute atomic E-state index is 11.6. The maximum Gasteiger partial charge on any atom is 0.227 e. The van der Waals surface area contributed by atoms with Crippen LogP contribution in [0.25, 0.3) is 22.2 Å². The number of hydrogen-bond acceptors (Lipinski definition) is 5. The van der Waals surface area contributed by atoms with Crippen molar-refractivity contribution in [2.45, 2.75) is 6.92 Å². The Kier molecular flexibility index (Phi) is 5.52. The summed E-state index contributed by atoms with van der Waals surface area (Å²) in [5.74, 6) is 0.278. The van der Waals surface area contributed by atoms with Gasteiger partial charge in [-0.15, -0.1) is 0 Å². The Morgan fingerprint density at radius 2 is 1.94 bits per heavy atom. The van der Waals surface area contributed by atoms with Crippen LogP contribution in [0.4, 0.5) is 23.0 Å². The average molecular weight is 435 g/mol. The van der Waals surface area contributed by atoms with Crippen LogP contribution < -0.4 is 15.5 Å². The van der Waals surface area contributed by atoms with Gasteiger partial charge in [-0.05, 0) is 24.3 Å². The number of para-hydroxylation sites is 1. The molecule has 2 aromatic heterocycles. The van der Waals surface area contributed by atoms with Gasteiger partial charge in [-0.3, -0.25) is 4.79 Å². The highest BCUT2D eigenvalue weighted by Gasteiger charge is 2.15. The van der Waals surface area contributed by atoms with Gasteiger partial charge in [-0.1, -0.05) is 29.8 Å². The molecule has 0 aliphatic heterocycles. The van der Waals surface area contributed by atoms with Gasteiger partial charge in [0.15, 0.2) is 0 Å². The first kappa shape index (κ1) is 20.7. The zero-order valence-electron chi connectivity index (χ0n) is 17.8. The molecule has 0 unspecified atom stereocenters. The van der Waals surface area contributed by atoms with Gasteiger partial charge in [0, 0.05) is 56.4 Å². The van der Waals surface area contributed by atoms with Crippen LogP contribution in [-0.4, -0.2) is 34.5 Å². The monoisotopic (exact) mass is 434 g/mol. The van der Waals surface area contributed by atoms with E-state index in [2.05, 4.69) is 37.3 Å². The van der Waals surface area contributed by atoms with Gasteiger partial charge in [-0.25, -0.2) is 9.97 Å². The molecule has 0 fully saturated rings. The fourth-order valence-corrected chi connectivity index (χ4v) is 3.76. The molecule has 0 atom stereocenters. The lowest BCUT2D eigenvalue weighted by molar-refractivity contribution is -0.114. The van der Waals surface area contributed by atoms with E-state index < -0.39 is 0 Å². The average Bonchev–Trinajstić information content (AvgIpc) is 3.06. The minimum atomic E-state index is -0.138. The third kappa shape index (κ3) is 4.18. The lowest BCUT2D eigenvalue weighted by Crippen LogP contribution is -2.14. The van der Waals surface area contributed by atoms with Crippen LogP contribution in [0.2, 0.25) is 5.02 Å². The summed E-state index contributed by atoms with van der Waals surface area (Å²) < 4.78 is 2.05. The summed E-state index contributed by atoms with van der Waals surface area (Å²) in [6.07, 6.45) is 3.61. The number of fused-ring (bicyclic) bond motifs is 1. The third-order valence-electron chi connectivity index (χ3n) is 4.94. The number of aromatic nitrogens is 3. The van der Waals surface area contributed by atoms with Crippen LogP contribution in [0.1, 0.15) is 6.92 Å². The van der Waals surface area contributed by atoms with E-state index in [0.29, 0.717) is 22.4 Å². The third-order valence-corrected chi connectivity index (χ3v) is 5.22. The van der Waals surface area contributed by atoms with Crippen molar-refractivity contribution in [2.75, 3.05) is 29.6 Å². The molecule has 0 saturated carbocycles. The molecule has 4 rings (SSSR count). The van der Waals surface area contributed by atoms with E-state index in [1.807, 2.05) is 62.6 Å². The summed E-state index contributed by atoms with van der Waals surface area (Å²) in [6.45, 7) is 1.48. The first-order valence-corrected chi connectivity index (χ1v) is 10.1. The molecular formula is C23H23ClN6O. The summed E-state index contributed by atoms with van der Waals surface area (Å²) in [5.41, 5.74) is 5.04. The van der Waals surface area contributed by atoms with Crippen molar-refractivity contribution in [3.05, 3.63) is 59.9 Å². The Morgan fingerprint density at radius 1 is 1.16 bits per heavy atom. The Bertz CT molecular complexity index is 1280. The Hall–Kier alpha value is -3.58. The minimum Gasteiger partial charge on any atom is -0.376 e. The number of nitrogens with one attached hydrogen (secondary N) is 2. The molecule has 7 nitrogen and oxygen atoms in total. The second-order valence-corrected chi connectivity index (χ2v) is 7.90. The van der Waals surface area contributed by atoms with Crippen molar-refractivity contribution >= 4 is 51.4 Å². The number of benzene rings is 2. The summed E-state index contributed by atoms with van der Waals surface area (Å²) >= 11 is 6.47. The van der Waals surface area contributed by atoms with Crippen LogP contribution in [-0.2, 0) is 11.8 Å². The number of hydrogen-bond donors (Lipinski definition) is 2. The van der Waals surface area contributed by atoms with Crippen molar-refractivity contribution in [1.82, 2.24) is 14.5 Å². The Labute approximate surface area is 185 Å². The van der Waals surface area contributed by atoms with Crippen LogP contribution in [0.3, 0.4) is 0 Å². The van der Waals surface area contributed by atoms with Gasteiger partial charge in [-0.2, -0.15) is 0 Å². The second-order valence-electron chi connectivity index (χ2n) is 7.49. The number of rotatable bonds is 5. The first-order chi connectivity index (χ1) is 14.8. The lowest BCUT2D eigenvalue weighted by atomic mass is 10.1. The molecule has 2 N–H and O–H groups in total.